The number of unbranched alkanes of at least 4 members (excludes halogenated alkanes) is 2. The summed E-state index contributed by atoms with van der Waals surface area (Å²) in [7, 11) is 0. The van der Waals surface area contributed by atoms with Crippen LogP contribution >= 0.6 is 0 Å². The Balaban J connectivity index is 2.62. The Morgan fingerprint density at radius 3 is 2.45 bits per heavy atom. The average Bonchev–Trinajstić information content (AvgIpc) is 2.81. The molecule has 0 radical (unpaired) electrons. The highest BCUT2D eigenvalue weighted by molar-refractivity contribution is 6.05. The van der Waals surface area contributed by atoms with Crippen LogP contribution in [0.2, 0.25) is 0 Å². The van der Waals surface area contributed by atoms with Crippen LogP contribution in [0.25, 0.3) is 11.1 Å². The van der Waals surface area contributed by atoms with E-state index in [1.165, 1.54) is 6.92 Å². The molecule has 2 aromatic rings. The number of carbonyl (C=O) groups is 2. The minimum absolute atomic E-state index is 0.180. The second-order valence-corrected chi connectivity index (χ2v) is 5.39. The van der Waals surface area contributed by atoms with E-state index < -0.39 is 0 Å². The molecule has 0 spiro atoms. The average molecular weight is 299 g/mol. The lowest BCUT2D eigenvalue weighted by Crippen LogP contribution is -2.07. The van der Waals surface area contributed by atoms with Gasteiger partial charge in [-0.15, -0.1) is 0 Å². The van der Waals surface area contributed by atoms with Gasteiger partial charge in [0.2, 0.25) is 0 Å². The molecule has 0 bridgehead atoms. The van der Waals surface area contributed by atoms with Crippen molar-refractivity contribution >= 4 is 12.1 Å². The zero-order valence-electron chi connectivity index (χ0n) is 13.0. The smallest absolute Gasteiger partial charge is 0.180 e. The van der Waals surface area contributed by atoms with Gasteiger partial charge in [-0.05, 0) is 18.4 Å². The predicted octanol–water partition coefficient (Wildman–Crippen LogP) is 4.14. The van der Waals surface area contributed by atoms with Crippen molar-refractivity contribution in [1.82, 2.24) is 4.73 Å². The predicted molar refractivity (Wildman–Crippen MR) is 85.7 cm³/mol. The molecule has 0 atom stereocenters. The second-order valence-electron chi connectivity index (χ2n) is 5.39. The van der Waals surface area contributed by atoms with E-state index in [9.17, 15) is 14.8 Å². The molecular weight excluding hydrogens is 278 g/mol. The number of Topliss-reactive ketones (excluding diaryl/α,β-unsaturated/α-hetero) is 1. The van der Waals surface area contributed by atoms with Crippen LogP contribution in [0.15, 0.2) is 30.3 Å². The number of ketones is 1. The van der Waals surface area contributed by atoms with Crippen molar-refractivity contribution in [3.05, 3.63) is 47.3 Å². The van der Waals surface area contributed by atoms with E-state index in [4.69, 9.17) is 0 Å². The Morgan fingerprint density at radius 2 is 1.91 bits per heavy atom. The quantitative estimate of drug-likeness (QED) is 0.362. The van der Waals surface area contributed by atoms with E-state index in [2.05, 4.69) is 6.92 Å². The molecule has 0 unspecified atom stereocenters. The van der Waals surface area contributed by atoms with Crippen LogP contribution in [0.3, 0.4) is 0 Å². The molecule has 22 heavy (non-hydrogen) atoms. The summed E-state index contributed by atoms with van der Waals surface area (Å²) in [5.41, 5.74) is 2.40. The Bertz CT molecular complexity index is 671. The number of rotatable bonds is 7. The summed E-state index contributed by atoms with van der Waals surface area (Å²) in [5, 5.41) is 10.4. The first-order valence-electron chi connectivity index (χ1n) is 7.60. The van der Waals surface area contributed by atoms with Gasteiger partial charge in [0.15, 0.2) is 12.1 Å². The molecule has 0 aliphatic carbocycles. The van der Waals surface area contributed by atoms with Gasteiger partial charge in [-0.3, -0.25) is 9.59 Å². The number of hydrogen-bond acceptors (Lipinski definition) is 3. The number of aldehydes is 1. The Kier molecular flexibility index (Phi) is 5.15. The summed E-state index contributed by atoms with van der Waals surface area (Å²) in [6, 6.07) is 9.24. The second kappa shape index (κ2) is 7.07. The molecule has 4 heteroatoms. The minimum atomic E-state index is -0.258. The molecule has 0 saturated carbocycles. The van der Waals surface area contributed by atoms with Crippen LogP contribution in [0.1, 0.15) is 59.7 Å². The van der Waals surface area contributed by atoms with Crippen LogP contribution in [0, 0.1) is 0 Å². The third kappa shape index (κ3) is 2.96. The number of nitrogens with zero attached hydrogens (tertiary/aromatic N) is 1. The summed E-state index contributed by atoms with van der Waals surface area (Å²) in [4.78, 5) is 23.6. The van der Waals surface area contributed by atoms with E-state index in [0.717, 1.165) is 35.8 Å². The minimum Gasteiger partial charge on any atom is -0.428 e. The topological polar surface area (TPSA) is 59.3 Å². The molecule has 0 aliphatic heterocycles. The molecule has 0 saturated heterocycles. The molecule has 2 rings (SSSR count). The lowest BCUT2D eigenvalue weighted by Gasteiger charge is -2.04. The first kappa shape index (κ1) is 16.0. The number of carbonyl (C=O) groups excluding carboxylic acids is 2. The molecule has 1 heterocycles. The number of aromatic nitrogens is 1. The van der Waals surface area contributed by atoms with Gasteiger partial charge >= 0.3 is 0 Å². The van der Waals surface area contributed by atoms with E-state index in [-0.39, 0.29) is 11.5 Å². The Morgan fingerprint density at radius 1 is 1.23 bits per heavy atom. The highest BCUT2D eigenvalue weighted by Gasteiger charge is 2.25. The maximum absolute atomic E-state index is 12.0. The third-order valence-electron chi connectivity index (χ3n) is 3.82. The van der Waals surface area contributed by atoms with Gasteiger partial charge in [0.05, 0.1) is 5.69 Å². The molecule has 0 fully saturated rings. The standard InChI is InChI=1S/C18H21NO3/c1-3-4-6-11-16-15(12-20)17(14-9-7-5-8-10-14)18(13(2)21)19(16)22/h5,7-10,12,22H,3-4,6,11H2,1-2H3. The van der Waals surface area contributed by atoms with Gasteiger partial charge in [-0.2, -0.15) is 4.73 Å². The van der Waals surface area contributed by atoms with E-state index in [0.29, 0.717) is 23.2 Å². The highest BCUT2D eigenvalue weighted by Crippen LogP contribution is 2.32. The molecule has 4 nitrogen and oxygen atoms in total. The van der Waals surface area contributed by atoms with Gasteiger partial charge in [0, 0.05) is 18.1 Å². The van der Waals surface area contributed by atoms with Crippen molar-refractivity contribution in [2.24, 2.45) is 0 Å². The molecule has 0 aliphatic rings. The number of hydrogen-bond donors (Lipinski definition) is 1. The highest BCUT2D eigenvalue weighted by atomic mass is 16.5. The van der Waals surface area contributed by atoms with Crippen molar-refractivity contribution in [2.75, 3.05) is 0 Å². The van der Waals surface area contributed by atoms with Gasteiger partial charge in [0.25, 0.3) is 0 Å². The van der Waals surface area contributed by atoms with Gasteiger partial charge in [-0.25, -0.2) is 0 Å². The largest absolute Gasteiger partial charge is 0.428 e. The normalized spacial score (nSPS) is 10.6. The SMILES string of the molecule is CCCCCc1c(C=O)c(-c2ccccc2)c(C(C)=O)n1O. The summed E-state index contributed by atoms with van der Waals surface area (Å²) in [6.45, 7) is 3.49. The van der Waals surface area contributed by atoms with Crippen molar-refractivity contribution in [3.63, 3.8) is 0 Å². The van der Waals surface area contributed by atoms with Crippen molar-refractivity contribution in [2.45, 2.75) is 39.5 Å². The lowest BCUT2D eigenvalue weighted by atomic mass is 9.98. The van der Waals surface area contributed by atoms with Crippen molar-refractivity contribution in [3.8, 4) is 11.1 Å². The monoisotopic (exact) mass is 299 g/mol. The molecule has 1 aromatic heterocycles. The lowest BCUT2D eigenvalue weighted by molar-refractivity contribution is 0.0957. The first-order chi connectivity index (χ1) is 10.6. The van der Waals surface area contributed by atoms with Crippen molar-refractivity contribution < 1.29 is 14.8 Å². The van der Waals surface area contributed by atoms with Gasteiger partial charge in [0.1, 0.15) is 5.69 Å². The zero-order valence-corrected chi connectivity index (χ0v) is 13.0. The summed E-state index contributed by atoms with van der Waals surface area (Å²) < 4.78 is 0.907. The zero-order chi connectivity index (χ0) is 16.1. The summed E-state index contributed by atoms with van der Waals surface area (Å²) in [6.07, 6.45) is 4.25. The first-order valence-corrected chi connectivity index (χ1v) is 7.60. The van der Waals surface area contributed by atoms with E-state index in [1.807, 2.05) is 30.3 Å². The van der Waals surface area contributed by atoms with Gasteiger partial charge < -0.3 is 5.21 Å². The fraction of sp³-hybridized carbons (Fsp3) is 0.333. The molecule has 116 valence electrons. The summed E-state index contributed by atoms with van der Waals surface area (Å²) in [5.74, 6) is -0.258. The maximum atomic E-state index is 12.0. The van der Waals surface area contributed by atoms with Crippen LogP contribution in [0.5, 0.6) is 0 Å². The fourth-order valence-corrected chi connectivity index (χ4v) is 2.76. The van der Waals surface area contributed by atoms with Crippen molar-refractivity contribution in [1.29, 1.82) is 0 Å². The van der Waals surface area contributed by atoms with Crippen LogP contribution in [-0.2, 0) is 6.42 Å². The molecule has 1 N–H and O–H groups in total. The Labute approximate surface area is 130 Å². The van der Waals surface area contributed by atoms with Crippen LogP contribution in [-0.4, -0.2) is 22.0 Å². The van der Waals surface area contributed by atoms with E-state index >= 15 is 0 Å². The molecular formula is C18H21NO3. The Hall–Kier alpha value is -2.36. The fourth-order valence-electron chi connectivity index (χ4n) is 2.76. The third-order valence-corrected chi connectivity index (χ3v) is 3.82. The van der Waals surface area contributed by atoms with Crippen LogP contribution < -0.4 is 0 Å². The molecule has 0 amide bonds. The van der Waals surface area contributed by atoms with Crippen LogP contribution in [0.4, 0.5) is 0 Å². The molecule has 1 aromatic carbocycles. The van der Waals surface area contributed by atoms with E-state index in [1.54, 1.807) is 0 Å². The summed E-state index contributed by atoms with van der Waals surface area (Å²) >= 11 is 0. The number of benzene rings is 1. The maximum Gasteiger partial charge on any atom is 0.180 e. The van der Waals surface area contributed by atoms with Gasteiger partial charge in [-0.1, -0.05) is 50.1 Å².